The molecule has 8 nitrogen and oxygen atoms in total. The van der Waals surface area contributed by atoms with Gasteiger partial charge in [-0.1, -0.05) is 6.08 Å². The molecule has 148 valence electrons. The maximum atomic E-state index is 12.6. The fraction of sp³-hybridized carbons (Fsp3) is 0.562. The van der Waals surface area contributed by atoms with Gasteiger partial charge in [0.1, 0.15) is 0 Å². The summed E-state index contributed by atoms with van der Waals surface area (Å²) in [5.74, 6) is 0.338. The van der Waals surface area contributed by atoms with Crippen LogP contribution in [0.3, 0.4) is 0 Å². The first-order valence-electron chi connectivity index (χ1n) is 8.51. The van der Waals surface area contributed by atoms with Crippen molar-refractivity contribution in [2.45, 2.75) is 31.6 Å². The molecule has 1 unspecified atom stereocenters. The van der Waals surface area contributed by atoms with Crippen LogP contribution < -0.4 is 21.9 Å². The zero-order valence-corrected chi connectivity index (χ0v) is 15.0. The van der Waals surface area contributed by atoms with Gasteiger partial charge in [-0.15, -0.1) is 0 Å². The van der Waals surface area contributed by atoms with Crippen LogP contribution in [0.25, 0.3) is 11.2 Å². The van der Waals surface area contributed by atoms with Crippen molar-refractivity contribution >= 4 is 17.1 Å². The van der Waals surface area contributed by atoms with Gasteiger partial charge in [0.05, 0.1) is 0 Å². The van der Waals surface area contributed by atoms with E-state index in [1.54, 1.807) is 0 Å². The Balaban J connectivity index is 2.21. The molecule has 1 aliphatic rings. The van der Waals surface area contributed by atoms with Crippen LogP contribution in [0, 0.1) is 0 Å². The number of alkyl halides is 3. The van der Waals surface area contributed by atoms with Gasteiger partial charge in [-0.25, -0.2) is 4.79 Å². The summed E-state index contributed by atoms with van der Waals surface area (Å²) in [6.45, 7) is 0.888. The molecule has 0 saturated carbocycles. The van der Waals surface area contributed by atoms with E-state index in [0.29, 0.717) is 19.0 Å². The second-order valence-electron chi connectivity index (χ2n) is 6.69. The summed E-state index contributed by atoms with van der Waals surface area (Å²) in [5.41, 5.74) is 5.08. The first-order valence-corrected chi connectivity index (χ1v) is 8.51. The third-order valence-corrected chi connectivity index (χ3v) is 4.66. The van der Waals surface area contributed by atoms with E-state index >= 15 is 0 Å². The van der Waals surface area contributed by atoms with Crippen LogP contribution in [0.2, 0.25) is 0 Å². The lowest BCUT2D eigenvalue weighted by Crippen LogP contribution is -2.44. The Bertz CT molecular complexity index is 1000. The standard InChI is InChI=1S/C16H21F3N6O2/c1-22-12-11(13(26)23(2)15(22)27)25(8-4-6-16(17,18)19)14(21-12)24-7-3-5-10(20)9-24/h4,6,10H,3,5,7-9,20H2,1-2H3/b6-4+. The number of imidazole rings is 1. The lowest BCUT2D eigenvalue weighted by molar-refractivity contribution is -0.0800. The third kappa shape index (κ3) is 3.64. The topological polar surface area (TPSA) is 91.1 Å². The molecule has 0 spiro atoms. The van der Waals surface area contributed by atoms with Crippen LogP contribution in [-0.2, 0) is 20.6 Å². The normalized spacial score (nSPS) is 18.7. The Morgan fingerprint density at radius 3 is 2.59 bits per heavy atom. The van der Waals surface area contributed by atoms with E-state index in [-0.39, 0.29) is 29.8 Å². The highest BCUT2D eigenvalue weighted by Gasteiger charge is 2.26. The molecular weight excluding hydrogens is 365 g/mol. The predicted molar refractivity (Wildman–Crippen MR) is 94.8 cm³/mol. The predicted octanol–water partition coefficient (Wildman–Crippen LogP) is 0.480. The highest BCUT2D eigenvalue weighted by Crippen LogP contribution is 2.23. The molecule has 2 aromatic rings. The van der Waals surface area contributed by atoms with Crippen molar-refractivity contribution in [1.82, 2.24) is 18.7 Å². The van der Waals surface area contributed by atoms with Gasteiger partial charge >= 0.3 is 11.9 Å². The number of allylic oxidation sites excluding steroid dienone is 2. The van der Waals surface area contributed by atoms with E-state index < -0.39 is 17.4 Å². The van der Waals surface area contributed by atoms with Gasteiger partial charge in [0.15, 0.2) is 11.2 Å². The van der Waals surface area contributed by atoms with Crippen molar-refractivity contribution in [2.75, 3.05) is 18.0 Å². The number of aryl methyl sites for hydroxylation is 1. The number of halogens is 3. The number of nitrogens with two attached hydrogens (primary N) is 1. The summed E-state index contributed by atoms with van der Waals surface area (Å²) in [4.78, 5) is 31.1. The van der Waals surface area contributed by atoms with Gasteiger partial charge in [-0.3, -0.25) is 13.9 Å². The summed E-state index contributed by atoms with van der Waals surface area (Å²) < 4.78 is 41.1. The summed E-state index contributed by atoms with van der Waals surface area (Å²) in [6.07, 6.45) is -1.76. The Hall–Kier alpha value is -2.56. The minimum atomic E-state index is -4.46. The number of piperidine rings is 1. The molecule has 0 amide bonds. The molecule has 3 rings (SSSR count). The van der Waals surface area contributed by atoms with Gasteiger partial charge in [-0.2, -0.15) is 18.2 Å². The van der Waals surface area contributed by atoms with E-state index in [0.717, 1.165) is 23.5 Å². The molecule has 11 heteroatoms. The number of anilines is 1. The van der Waals surface area contributed by atoms with E-state index in [1.807, 2.05) is 4.90 Å². The highest BCUT2D eigenvalue weighted by atomic mass is 19.4. The monoisotopic (exact) mass is 386 g/mol. The fourth-order valence-electron chi connectivity index (χ4n) is 3.33. The van der Waals surface area contributed by atoms with Gasteiger partial charge in [0.25, 0.3) is 5.56 Å². The Kier molecular flexibility index (Phi) is 4.89. The van der Waals surface area contributed by atoms with Gasteiger partial charge in [0, 0.05) is 45.8 Å². The zero-order chi connectivity index (χ0) is 19.9. The van der Waals surface area contributed by atoms with Gasteiger partial charge < -0.3 is 15.2 Å². The summed E-state index contributed by atoms with van der Waals surface area (Å²) in [6, 6.07) is -0.0932. The molecule has 3 heterocycles. The lowest BCUT2D eigenvalue weighted by Gasteiger charge is -2.31. The number of fused-ring (bicyclic) bond motifs is 1. The van der Waals surface area contributed by atoms with Crippen molar-refractivity contribution in [2.24, 2.45) is 19.8 Å². The van der Waals surface area contributed by atoms with E-state index in [4.69, 9.17) is 5.73 Å². The second-order valence-corrected chi connectivity index (χ2v) is 6.69. The largest absolute Gasteiger partial charge is 0.409 e. The first-order chi connectivity index (χ1) is 12.6. The Labute approximate surface area is 152 Å². The average molecular weight is 386 g/mol. The van der Waals surface area contributed by atoms with Crippen LogP contribution in [0.15, 0.2) is 21.7 Å². The Morgan fingerprint density at radius 1 is 1.26 bits per heavy atom. The second kappa shape index (κ2) is 6.87. The van der Waals surface area contributed by atoms with Crippen molar-refractivity contribution in [1.29, 1.82) is 0 Å². The average Bonchev–Trinajstić information content (AvgIpc) is 2.97. The maximum absolute atomic E-state index is 12.6. The maximum Gasteiger partial charge on any atom is 0.409 e. The van der Waals surface area contributed by atoms with Crippen molar-refractivity contribution in [3.05, 3.63) is 33.0 Å². The number of nitrogens with zero attached hydrogens (tertiary/aromatic N) is 5. The molecule has 1 saturated heterocycles. The molecule has 1 atom stereocenters. The van der Waals surface area contributed by atoms with E-state index in [1.165, 1.54) is 23.2 Å². The zero-order valence-electron chi connectivity index (χ0n) is 15.0. The minimum absolute atomic E-state index is 0.0839. The summed E-state index contributed by atoms with van der Waals surface area (Å²) >= 11 is 0. The quantitative estimate of drug-likeness (QED) is 0.775. The van der Waals surface area contributed by atoms with Gasteiger partial charge in [0.2, 0.25) is 5.95 Å². The number of aromatic nitrogens is 4. The summed E-state index contributed by atoms with van der Waals surface area (Å²) in [5, 5.41) is 0. The van der Waals surface area contributed by atoms with E-state index in [9.17, 15) is 22.8 Å². The molecule has 1 aliphatic heterocycles. The third-order valence-electron chi connectivity index (χ3n) is 4.66. The molecule has 0 aliphatic carbocycles. The molecule has 2 N–H and O–H groups in total. The van der Waals surface area contributed by atoms with E-state index in [2.05, 4.69) is 4.98 Å². The highest BCUT2D eigenvalue weighted by molar-refractivity contribution is 5.74. The van der Waals surface area contributed by atoms with Crippen LogP contribution in [0.5, 0.6) is 0 Å². The van der Waals surface area contributed by atoms with Crippen molar-refractivity contribution in [3.8, 4) is 0 Å². The molecule has 0 radical (unpaired) electrons. The number of hydrogen-bond donors (Lipinski definition) is 1. The minimum Gasteiger partial charge on any atom is -0.341 e. The molecule has 0 bridgehead atoms. The Morgan fingerprint density at radius 2 is 1.96 bits per heavy atom. The molecule has 27 heavy (non-hydrogen) atoms. The van der Waals surface area contributed by atoms with Gasteiger partial charge in [-0.05, 0) is 12.8 Å². The van der Waals surface area contributed by atoms with Crippen molar-refractivity contribution < 1.29 is 13.2 Å². The molecular formula is C16H21F3N6O2. The SMILES string of the molecule is Cn1c(=O)c2c(nc(N3CCCC(N)C3)n2C/C=C/C(F)(F)F)n(C)c1=O. The van der Waals surface area contributed by atoms with Crippen LogP contribution in [0.1, 0.15) is 12.8 Å². The molecule has 1 fully saturated rings. The van der Waals surface area contributed by atoms with Crippen LogP contribution >= 0.6 is 0 Å². The van der Waals surface area contributed by atoms with Crippen molar-refractivity contribution in [3.63, 3.8) is 0 Å². The molecule has 0 aromatic carbocycles. The smallest absolute Gasteiger partial charge is 0.341 e. The summed E-state index contributed by atoms with van der Waals surface area (Å²) in [7, 11) is 2.79. The number of hydrogen-bond acceptors (Lipinski definition) is 5. The fourth-order valence-corrected chi connectivity index (χ4v) is 3.33. The lowest BCUT2D eigenvalue weighted by atomic mass is 10.1. The first kappa shape index (κ1) is 19.2. The van der Waals surface area contributed by atoms with Crippen LogP contribution in [0.4, 0.5) is 19.1 Å². The number of rotatable bonds is 3. The molecule has 2 aromatic heterocycles. The van der Waals surface area contributed by atoms with Crippen LogP contribution in [-0.4, -0.2) is 44.0 Å².